The molecule has 4 N–H and O–H groups in total. The van der Waals surface area contributed by atoms with Crippen molar-refractivity contribution in [1.29, 1.82) is 5.26 Å². The minimum Gasteiger partial charge on any atom is -0.397 e. The van der Waals surface area contributed by atoms with Crippen molar-refractivity contribution in [3.8, 4) is 6.07 Å². The van der Waals surface area contributed by atoms with Gasteiger partial charge in [-0.1, -0.05) is 41.5 Å². The van der Waals surface area contributed by atoms with Gasteiger partial charge in [-0.15, -0.1) is 0 Å². The summed E-state index contributed by atoms with van der Waals surface area (Å²) in [5, 5.41) is 21.7. The fourth-order valence-electron chi connectivity index (χ4n) is 1.28. The van der Waals surface area contributed by atoms with Crippen molar-refractivity contribution in [3.05, 3.63) is 11.5 Å². The smallest absolute Gasteiger partial charge is 0.244 e. The number of nitrogen functional groups attached to an aromatic ring is 1. The Morgan fingerprint density at radius 2 is 1.79 bits per heavy atom. The number of anilines is 1. The van der Waals surface area contributed by atoms with E-state index in [-0.39, 0.29) is 17.8 Å². The first-order valence-corrected chi connectivity index (χ1v) is 7.42. The fraction of sp³-hybridized carbons (Fsp3) is 0.688. The Morgan fingerprint density at radius 1 is 1.38 bits per heavy atom. The number of nitrogens with two attached hydrogens (primary N) is 1. The molecule has 8 heteroatoms. The molecule has 6 nitrogen and oxygen atoms in total. The lowest BCUT2D eigenvalue weighted by atomic mass is 9.88. The number of aliphatic hydroxyl groups is 1. The Bertz CT molecular complexity index is 552. The van der Waals surface area contributed by atoms with Gasteiger partial charge in [0.15, 0.2) is 17.4 Å². The van der Waals surface area contributed by atoms with Crippen LogP contribution in [0.15, 0.2) is 0 Å². The van der Waals surface area contributed by atoms with Gasteiger partial charge < -0.3 is 10.8 Å². The highest BCUT2D eigenvalue weighted by atomic mass is 19.1. The van der Waals surface area contributed by atoms with Crippen molar-refractivity contribution >= 4 is 11.6 Å². The fourth-order valence-corrected chi connectivity index (χ4v) is 1.28. The number of ketones is 1. The first-order chi connectivity index (χ1) is 10.7. The van der Waals surface area contributed by atoms with Gasteiger partial charge in [-0.3, -0.25) is 9.89 Å². The van der Waals surface area contributed by atoms with E-state index >= 15 is 0 Å². The highest BCUT2D eigenvalue weighted by Gasteiger charge is 2.29. The third kappa shape index (κ3) is 8.58. The molecule has 0 spiro atoms. The summed E-state index contributed by atoms with van der Waals surface area (Å²) in [4.78, 5) is 10.8. The van der Waals surface area contributed by atoms with Crippen LogP contribution in [0.3, 0.4) is 0 Å². The molecule has 1 unspecified atom stereocenters. The molecular weight excluding hydrogens is 318 g/mol. The number of alkyl halides is 1. The molecule has 1 heterocycles. The summed E-state index contributed by atoms with van der Waals surface area (Å²) >= 11 is 0. The van der Waals surface area contributed by atoms with Crippen LogP contribution in [0.2, 0.25) is 0 Å². The van der Waals surface area contributed by atoms with E-state index in [1.165, 1.54) is 6.07 Å². The number of nitrogens with one attached hydrogen (secondary N) is 1. The van der Waals surface area contributed by atoms with Crippen molar-refractivity contribution in [2.24, 2.45) is 5.41 Å². The zero-order valence-electron chi connectivity index (χ0n) is 15.4. The van der Waals surface area contributed by atoms with Crippen LogP contribution in [0, 0.1) is 22.6 Å². The third-order valence-electron chi connectivity index (χ3n) is 2.57. The van der Waals surface area contributed by atoms with Crippen LogP contribution >= 0.6 is 0 Å². The Morgan fingerprint density at radius 3 is 1.92 bits per heavy atom. The molecule has 0 aliphatic heterocycles. The molecule has 0 fully saturated rings. The topological polar surface area (TPSA) is 116 Å². The van der Waals surface area contributed by atoms with Crippen molar-refractivity contribution < 1.29 is 18.7 Å². The molecule has 1 atom stereocenters. The van der Waals surface area contributed by atoms with Crippen LogP contribution in [-0.2, 0) is 10.2 Å². The van der Waals surface area contributed by atoms with Gasteiger partial charge in [-0.25, -0.2) is 8.78 Å². The zero-order chi connectivity index (χ0) is 19.7. The first-order valence-electron chi connectivity index (χ1n) is 7.42. The summed E-state index contributed by atoms with van der Waals surface area (Å²) in [7, 11) is 0. The van der Waals surface area contributed by atoms with Crippen molar-refractivity contribution in [1.82, 2.24) is 10.2 Å². The number of carbonyl (C=O) groups is 1. The second-order valence-electron chi connectivity index (χ2n) is 6.97. The number of aromatic amines is 1. The molecule has 1 rings (SSSR count). The number of carbonyl (C=O) groups excluding carboxylic acids is 1. The number of nitrogens with zero attached hydrogens (tertiary/aromatic N) is 2. The molecule has 24 heavy (non-hydrogen) atoms. The quantitative estimate of drug-likeness (QED) is 0.723. The van der Waals surface area contributed by atoms with Crippen LogP contribution in [-0.4, -0.2) is 33.9 Å². The highest BCUT2D eigenvalue weighted by Crippen LogP contribution is 2.24. The number of H-pyrrole nitrogens is 1. The number of aliphatic hydroxyl groups excluding tert-OH is 1. The van der Waals surface area contributed by atoms with Gasteiger partial charge in [0.2, 0.25) is 6.17 Å². The predicted molar refractivity (Wildman–Crippen MR) is 89.4 cm³/mol. The van der Waals surface area contributed by atoms with Gasteiger partial charge in [0.05, 0.1) is 5.69 Å². The molecule has 1 aromatic rings. The molecule has 0 amide bonds. The standard InChI is InChI=1S/C7H12FN3.C7H10FNO.C2H6O/c1-7(2,3)5-4(8)6(9)11-10-5;1-7(2,3)6(10)5(8)4-9;1-2-3/h1-3H3,(H3,9,10,11);5H,1-3H3;3H,2H2,1H3. The molecule has 0 radical (unpaired) electrons. The predicted octanol–water partition coefficient (Wildman–Crippen LogP) is 2.89. The van der Waals surface area contributed by atoms with Crippen LogP contribution in [0.1, 0.15) is 54.2 Å². The molecule has 0 aromatic carbocycles. The molecule has 0 bridgehead atoms. The molecule has 1 aromatic heterocycles. The number of Topliss-reactive ketones (excluding diaryl/α,β-unsaturated/α-hetero) is 1. The van der Waals surface area contributed by atoms with E-state index in [0.29, 0.717) is 5.69 Å². The van der Waals surface area contributed by atoms with Gasteiger partial charge >= 0.3 is 0 Å². The Balaban J connectivity index is 0. The number of hydrogen-bond donors (Lipinski definition) is 3. The SMILES string of the molecule is CC(C)(C)C(=O)C(F)C#N.CC(C)(C)c1[nH]nc(N)c1F.CCO. The summed E-state index contributed by atoms with van der Waals surface area (Å²) in [6, 6.07) is 1.26. The lowest BCUT2D eigenvalue weighted by Gasteiger charge is -2.15. The average molecular weight is 346 g/mol. The Hall–Kier alpha value is -2.01. The van der Waals surface area contributed by atoms with Gasteiger partial charge in [0.25, 0.3) is 0 Å². The lowest BCUT2D eigenvalue weighted by molar-refractivity contribution is -0.129. The monoisotopic (exact) mass is 346 g/mol. The van der Waals surface area contributed by atoms with Gasteiger partial charge in [-0.05, 0) is 6.92 Å². The first kappa shape index (κ1) is 24.2. The van der Waals surface area contributed by atoms with Gasteiger partial charge in [0, 0.05) is 17.4 Å². The molecule has 0 aliphatic rings. The van der Waals surface area contributed by atoms with E-state index in [1.54, 1.807) is 27.7 Å². The lowest BCUT2D eigenvalue weighted by Crippen LogP contribution is -2.28. The molecule has 0 saturated heterocycles. The van der Waals surface area contributed by atoms with Crippen molar-refractivity contribution in [3.63, 3.8) is 0 Å². The maximum absolute atomic E-state index is 13.0. The minimum absolute atomic E-state index is 0.0603. The van der Waals surface area contributed by atoms with Crippen LogP contribution in [0.4, 0.5) is 14.6 Å². The summed E-state index contributed by atoms with van der Waals surface area (Å²) < 4.78 is 25.3. The highest BCUT2D eigenvalue weighted by molar-refractivity contribution is 5.89. The molecule has 0 aliphatic carbocycles. The molecule has 0 saturated carbocycles. The minimum atomic E-state index is -1.97. The number of halogens is 2. The summed E-state index contributed by atoms with van der Waals surface area (Å²) in [5.41, 5.74) is 4.65. The van der Waals surface area contributed by atoms with Crippen molar-refractivity contribution in [2.75, 3.05) is 12.3 Å². The van der Waals surface area contributed by atoms with E-state index in [2.05, 4.69) is 10.2 Å². The van der Waals surface area contributed by atoms with Gasteiger partial charge in [0.1, 0.15) is 6.07 Å². The summed E-state index contributed by atoms with van der Waals surface area (Å²) in [6.07, 6.45) is -1.97. The van der Waals surface area contributed by atoms with Crippen LogP contribution in [0.25, 0.3) is 0 Å². The maximum atomic E-state index is 13.0. The van der Waals surface area contributed by atoms with E-state index < -0.39 is 23.2 Å². The van der Waals surface area contributed by atoms with E-state index in [0.717, 1.165) is 0 Å². The zero-order valence-corrected chi connectivity index (χ0v) is 15.4. The Kier molecular flexibility index (Phi) is 10.1. The number of rotatable bonds is 1. The Labute approximate surface area is 142 Å². The maximum Gasteiger partial charge on any atom is 0.244 e. The molecule has 138 valence electrons. The number of nitriles is 1. The summed E-state index contributed by atoms with van der Waals surface area (Å²) in [5.74, 6) is -1.15. The average Bonchev–Trinajstić information content (AvgIpc) is 2.77. The second-order valence-corrected chi connectivity index (χ2v) is 6.97. The van der Waals surface area contributed by atoms with Crippen LogP contribution < -0.4 is 5.73 Å². The van der Waals surface area contributed by atoms with E-state index in [4.69, 9.17) is 16.1 Å². The van der Waals surface area contributed by atoms with Crippen LogP contribution in [0.5, 0.6) is 0 Å². The largest absolute Gasteiger partial charge is 0.397 e. The molecular formula is C16H28F2N4O2. The second kappa shape index (κ2) is 9.98. The van der Waals surface area contributed by atoms with E-state index in [1.807, 2.05) is 20.8 Å². The normalized spacial score (nSPS) is 12.0. The van der Waals surface area contributed by atoms with E-state index in [9.17, 15) is 13.6 Å². The van der Waals surface area contributed by atoms with Crippen molar-refractivity contribution in [2.45, 2.75) is 60.1 Å². The number of aromatic nitrogens is 2. The third-order valence-corrected chi connectivity index (χ3v) is 2.57. The van der Waals surface area contributed by atoms with Gasteiger partial charge in [-0.2, -0.15) is 10.4 Å². The summed E-state index contributed by atoms with van der Waals surface area (Å²) in [6.45, 7) is 12.4. The number of hydrogen-bond acceptors (Lipinski definition) is 5.